The van der Waals surface area contributed by atoms with Gasteiger partial charge in [-0.3, -0.25) is 0 Å². The van der Waals surface area contributed by atoms with Crippen LogP contribution < -0.4 is 10.1 Å². The summed E-state index contributed by atoms with van der Waals surface area (Å²) in [4.78, 5) is 8.61. The molecule has 1 heterocycles. The number of nitrogens with zero attached hydrogens (tertiary/aromatic N) is 2. The van der Waals surface area contributed by atoms with Gasteiger partial charge in [-0.2, -0.15) is 0 Å². The van der Waals surface area contributed by atoms with Gasteiger partial charge in [-0.05, 0) is 43.2 Å². The molecule has 0 spiro atoms. The lowest BCUT2D eigenvalue weighted by atomic mass is 10.0. The van der Waals surface area contributed by atoms with Gasteiger partial charge in [-0.25, -0.2) is 9.97 Å². The topological polar surface area (TPSA) is 47.0 Å². The van der Waals surface area contributed by atoms with Crippen molar-refractivity contribution >= 4 is 11.5 Å². The standard InChI is InChI=1S/C20H18F3N3O/c1-3-14-4-6-15(7-5-14)18-13(2)19(25-12-24-18)26-16-8-10-17(11-9-16)27-20(21,22)23/h4-12H,3H2,1-2H3,(H,24,25,26). The maximum Gasteiger partial charge on any atom is 0.573 e. The molecule has 0 amide bonds. The summed E-state index contributed by atoms with van der Waals surface area (Å²) in [5, 5.41) is 3.11. The van der Waals surface area contributed by atoms with Gasteiger partial charge >= 0.3 is 6.36 Å². The van der Waals surface area contributed by atoms with E-state index in [0.29, 0.717) is 11.5 Å². The second kappa shape index (κ2) is 7.65. The van der Waals surface area contributed by atoms with E-state index >= 15 is 0 Å². The summed E-state index contributed by atoms with van der Waals surface area (Å²) in [6, 6.07) is 13.6. The molecular formula is C20H18F3N3O. The highest BCUT2D eigenvalue weighted by Crippen LogP contribution is 2.28. The molecule has 0 unspecified atom stereocenters. The third kappa shape index (κ3) is 4.75. The van der Waals surface area contributed by atoms with Gasteiger partial charge in [0.1, 0.15) is 17.9 Å². The van der Waals surface area contributed by atoms with Gasteiger partial charge in [-0.15, -0.1) is 13.2 Å². The van der Waals surface area contributed by atoms with Crippen molar-refractivity contribution in [3.63, 3.8) is 0 Å². The zero-order valence-corrected chi connectivity index (χ0v) is 14.8. The first kappa shape index (κ1) is 18.7. The number of nitrogens with one attached hydrogen (secondary N) is 1. The molecule has 1 N–H and O–H groups in total. The molecule has 3 rings (SSSR count). The summed E-state index contributed by atoms with van der Waals surface area (Å²) >= 11 is 0. The van der Waals surface area contributed by atoms with Crippen molar-refractivity contribution in [1.82, 2.24) is 9.97 Å². The Morgan fingerprint density at radius 1 is 0.963 bits per heavy atom. The van der Waals surface area contributed by atoms with E-state index in [2.05, 4.69) is 39.1 Å². The Bertz CT molecular complexity index is 907. The van der Waals surface area contributed by atoms with Crippen molar-refractivity contribution in [3.8, 4) is 17.0 Å². The van der Waals surface area contributed by atoms with Crippen molar-refractivity contribution < 1.29 is 17.9 Å². The normalized spacial score (nSPS) is 11.3. The van der Waals surface area contributed by atoms with Crippen molar-refractivity contribution in [3.05, 3.63) is 66.0 Å². The number of hydrogen-bond acceptors (Lipinski definition) is 4. The van der Waals surface area contributed by atoms with Gasteiger partial charge in [-0.1, -0.05) is 31.2 Å². The molecule has 0 aliphatic rings. The number of benzene rings is 2. The van der Waals surface area contributed by atoms with Gasteiger partial charge in [0.2, 0.25) is 0 Å². The molecule has 1 aromatic heterocycles. The summed E-state index contributed by atoms with van der Waals surface area (Å²) in [6.07, 6.45) is -2.29. The van der Waals surface area contributed by atoms with E-state index in [1.807, 2.05) is 19.1 Å². The molecule has 2 aromatic carbocycles. The zero-order chi connectivity index (χ0) is 19.4. The summed E-state index contributed by atoms with van der Waals surface area (Å²) in [5.74, 6) is 0.313. The van der Waals surface area contributed by atoms with Crippen LogP contribution in [0.3, 0.4) is 0 Å². The van der Waals surface area contributed by atoms with Gasteiger partial charge in [0.15, 0.2) is 0 Å². The van der Waals surface area contributed by atoms with Crippen LogP contribution in [0.1, 0.15) is 18.1 Å². The summed E-state index contributed by atoms with van der Waals surface area (Å²) in [5.41, 5.74) is 4.46. The lowest BCUT2D eigenvalue weighted by molar-refractivity contribution is -0.274. The van der Waals surface area contributed by atoms with Crippen LogP contribution in [0.2, 0.25) is 0 Å². The van der Waals surface area contributed by atoms with Gasteiger partial charge in [0.25, 0.3) is 0 Å². The second-order valence-electron chi connectivity index (χ2n) is 5.94. The SMILES string of the molecule is CCc1ccc(-c2ncnc(Nc3ccc(OC(F)(F)F)cc3)c2C)cc1. The summed E-state index contributed by atoms with van der Waals surface area (Å²) in [6.45, 7) is 3.99. The van der Waals surface area contributed by atoms with Crippen LogP contribution in [0.25, 0.3) is 11.3 Å². The van der Waals surface area contributed by atoms with Crippen LogP contribution in [0.4, 0.5) is 24.7 Å². The van der Waals surface area contributed by atoms with E-state index in [9.17, 15) is 13.2 Å². The van der Waals surface area contributed by atoms with Gasteiger partial charge in [0, 0.05) is 16.8 Å². The highest BCUT2D eigenvalue weighted by atomic mass is 19.4. The van der Waals surface area contributed by atoms with E-state index in [1.54, 1.807) is 0 Å². The number of hydrogen-bond donors (Lipinski definition) is 1. The highest BCUT2D eigenvalue weighted by Gasteiger charge is 2.30. The van der Waals surface area contributed by atoms with E-state index in [0.717, 1.165) is 23.2 Å². The lowest BCUT2D eigenvalue weighted by Crippen LogP contribution is -2.17. The Labute approximate surface area is 155 Å². The Hall–Kier alpha value is -3.09. The zero-order valence-electron chi connectivity index (χ0n) is 14.8. The molecule has 0 fully saturated rings. The smallest absolute Gasteiger partial charge is 0.406 e. The van der Waals surface area contributed by atoms with E-state index in [1.165, 1.54) is 36.2 Å². The van der Waals surface area contributed by atoms with Gasteiger partial charge < -0.3 is 10.1 Å². The molecule has 0 radical (unpaired) electrons. The molecule has 7 heteroatoms. The molecule has 0 bridgehead atoms. The highest BCUT2D eigenvalue weighted by molar-refractivity contribution is 5.70. The fourth-order valence-electron chi connectivity index (χ4n) is 2.64. The first-order valence-corrected chi connectivity index (χ1v) is 8.39. The molecule has 0 aliphatic carbocycles. The van der Waals surface area contributed by atoms with Crippen LogP contribution in [0, 0.1) is 6.92 Å². The minimum atomic E-state index is -4.71. The van der Waals surface area contributed by atoms with Crippen LogP contribution in [-0.4, -0.2) is 16.3 Å². The number of alkyl halides is 3. The van der Waals surface area contributed by atoms with Crippen molar-refractivity contribution in [2.24, 2.45) is 0 Å². The van der Waals surface area contributed by atoms with Crippen LogP contribution in [-0.2, 0) is 6.42 Å². The summed E-state index contributed by atoms with van der Waals surface area (Å²) < 4.78 is 40.6. The van der Waals surface area contributed by atoms with E-state index < -0.39 is 6.36 Å². The average molecular weight is 373 g/mol. The fraction of sp³-hybridized carbons (Fsp3) is 0.200. The average Bonchev–Trinajstić information content (AvgIpc) is 2.64. The number of ether oxygens (including phenoxy) is 1. The molecule has 27 heavy (non-hydrogen) atoms. The molecule has 0 saturated carbocycles. The number of anilines is 2. The van der Waals surface area contributed by atoms with Crippen molar-refractivity contribution in [1.29, 1.82) is 0 Å². The van der Waals surface area contributed by atoms with Crippen molar-refractivity contribution in [2.75, 3.05) is 5.32 Å². The number of rotatable bonds is 5. The molecule has 0 aliphatic heterocycles. The first-order valence-electron chi connectivity index (χ1n) is 8.39. The Balaban J connectivity index is 1.81. The Kier molecular flexibility index (Phi) is 5.30. The van der Waals surface area contributed by atoms with E-state index in [4.69, 9.17) is 0 Å². The second-order valence-corrected chi connectivity index (χ2v) is 5.94. The third-order valence-electron chi connectivity index (χ3n) is 4.07. The third-order valence-corrected chi connectivity index (χ3v) is 4.07. The molecule has 4 nitrogen and oxygen atoms in total. The predicted octanol–water partition coefficient (Wildman–Crippen LogP) is 5.66. The van der Waals surface area contributed by atoms with E-state index in [-0.39, 0.29) is 5.75 Å². The largest absolute Gasteiger partial charge is 0.573 e. The maximum atomic E-state index is 12.2. The minimum Gasteiger partial charge on any atom is -0.406 e. The molecule has 0 saturated heterocycles. The van der Waals surface area contributed by atoms with Crippen LogP contribution in [0.5, 0.6) is 5.75 Å². The van der Waals surface area contributed by atoms with Crippen LogP contribution in [0.15, 0.2) is 54.9 Å². The maximum absolute atomic E-state index is 12.2. The molecule has 3 aromatic rings. The molecule has 0 atom stereocenters. The number of aromatic nitrogens is 2. The minimum absolute atomic E-state index is 0.274. The van der Waals surface area contributed by atoms with Crippen molar-refractivity contribution in [2.45, 2.75) is 26.6 Å². The fourth-order valence-corrected chi connectivity index (χ4v) is 2.64. The first-order chi connectivity index (χ1) is 12.9. The lowest BCUT2D eigenvalue weighted by Gasteiger charge is -2.13. The quantitative estimate of drug-likeness (QED) is 0.627. The number of aryl methyl sites for hydroxylation is 1. The predicted molar refractivity (Wildman–Crippen MR) is 98.0 cm³/mol. The van der Waals surface area contributed by atoms with Gasteiger partial charge in [0.05, 0.1) is 5.69 Å². The number of halogens is 3. The summed E-state index contributed by atoms with van der Waals surface area (Å²) in [7, 11) is 0. The Morgan fingerprint density at radius 2 is 1.63 bits per heavy atom. The van der Waals surface area contributed by atoms with Crippen LogP contribution >= 0.6 is 0 Å². The molecule has 140 valence electrons. The molecular weight excluding hydrogens is 355 g/mol. The Morgan fingerprint density at radius 3 is 2.22 bits per heavy atom. The monoisotopic (exact) mass is 373 g/mol.